The summed E-state index contributed by atoms with van der Waals surface area (Å²) in [6.07, 6.45) is 2.90. The third-order valence-electron chi connectivity index (χ3n) is 6.81. The summed E-state index contributed by atoms with van der Waals surface area (Å²) in [5.74, 6) is 0.143. The lowest BCUT2D eigenvalue weighted by Gasteiger charge is -2.47. The highest BCUT2D eigenvalue weighted by Crippen LogP contribution is 2.44. The molecule has 1 unspecified atom stereocenters. The number of nitrogens with one attached hydrogen (secondary N) is 1. The van der Waals surface area contributed by atoms with Gasteiger partial charge in [-0.25, -0.2) is 4.79 Å². The maximum absolute atomic E-state index is 13.0. The van der Waals surface area contributed by atoms with E-state index in [9.17, 15) is 9.59 Å². The summed E-state index contributed by atoms with van der Waals surface area (Å²) in [5.41, 5.74) is 7.18. The molecule has 2 heterocycles. The Bertz CT molecular complexity index is 1100. The van der Waals surface area contributed by atoms with Gasteiger partial charge in [-0.05, 0) is 87.4 Å². The first-order chi connectivity index (χ1) is 15.1. The Balaban J connectivity index is 1.64. The fourth-order valence-corrected chi connectivity index (χ4v) is 5.15. The molecule has 0 aliphatic carbocycles. The number of fused-ring (bicyclic) bond motifs is 1. The lowest BCUT2D eigenvalue weighted by Crippen LogP contribution is -2.48. The summed E-state index contributed by atoms with van der Waals surface area (Å²) in [6, 6.07) is 11.9. The number of urea groups is 1. The van der Waals surface area contributed by atoms with Gasteiger partial charge in [0.2, 0.25) is 0 Å². The monoisotopic (exact) mass is 431 g/mol. The maximum Gasteiger partial charge on any atom is 0.329 e. The molecule has 0 saturated carbocycles. The zero-order valence-electron chi connectivity index (χ0n) is 20.0. The molecule has 5 heteroatoms. The Morgan fingerprint density at radius 3 is 2.47 bits per heavy atom. The van der Waals surface area contributed by atoms with Crippen molar-refractivity contribution >= 4 is 23.7 Å². The van der Waals surface area contributed by atoms with E-state index in [2.05, 4.69) is 57.0 Å². The van der Waals surface area contributed by atoms with Crippen molar-refractivity contribution in [1.82, 2.24) is 10.2 Å². The van der Waals surface area contributed by atoms with Crippen LogP contribution in [0.5, 0.6) is 0 Å². The van der Waals surface area contributed by atoms with Crippen LogP contribution in [0.4, 0.5) is 10.5 Å². The molecule has 1 atom stereocenters. The highest BCUT2D eigenvalue weighted by Gasteiger charge is 2.36. The molecule has 168 valence electrons. The lowest BCUT2D eigenvalue weighted by molar-refractivity contribution is -0.123. The van der Waals surface area contributed by atoms with Crippen LogP contribution in [0.15, 0.2) is 42.1 Å². The number of benzene rings is 2. The van der Waals surface area contributed by atoms with Gasteiger partial charge >= 0.3 is 6.03 Å². The Morgan fingerprint density at radius 1 is 1.12 bits per heavy atom. The fourth-order valence-electron chi connectivity index (χ4n) is 5.15. The topological polar surface area (TPSA) is 52.7 Å². The minimum atomic E-state index is -0.371. The maximum atomic E-state index is 13.0. The minimum Gasteiger partial charge on any atom is -0.366 e. The molecule has 4 rings (SSSR count). The Morgan fingerprint density at radius 2 is 1.81 bits per heavy atom. The predicted molar refractivity (Wildman–Crippen MR) is 130 cm³/mol. The van der Waals surface area contributed by atoms with Crippen LogP contribution < -0.4 is 10.2 Å². The molecule has 2 aromatic rings. The van der Waals surface area contributed by atoms with E-state index in [1.165, 1.54) is 16.2 Å². The molecule has 0 radical (unpaired) electrons. The number of aryl methyl sites for hydroxylation is 2. The summed E-state index contributed by atoms with van der Waals surface area (Å²) in [4.78, 5) is 29.3. The van der Waals surface area contributed by atoms with E-state index in [1.807, 2.05) is 37.3 Å². The van der Waals surface area contributed by atoms with Crippen LogP contribution in [-0.2, 0) is 11.3 Å². The van der Waals surface area contributed by atoms with Gasteiger partial charge in [-0.15, -0.1) is 0 Å². The van der Waals surface area contributed by atoms with Crippen molar-refractivity contribution in [3.05, 3.63) is 69.9 Å². The van der Waals surface area contributed by atoms with Gasteiger partial charge in [-0.2, -0.15) is 0 Å². The fraction of sp³-hybridized carbons (Fsp3) is 0.407. The number of hydrogen-bond acceptors (Lipinski definition) is 3. The van der Waals surface area contributed by atoms with Gasteiger partial charge in [-0.3, -0.25) is 9.69 Å². The highest BCUT2D eigenvalue weighted by molar-refractivity contribution is 6.14. The van der Waals surface area contributed by atoms with Crippen LogP contribution in [0.2, 0.25) is 0 Å². The van der Waals surface area contributed by atoms with Gasteiger partial charge in [0.1, 0.15) is 5.70 Å². The van der Waals surface area contributed by atoms with Gasteiger partial charge < -0.3 is 10.2 Å². The van der Waals surface area contributed by atoms with Crippen LogP contribution in [0.3, 0.4) is 0 Å². The molecule has 3 amide bonds. The molecule has 2 aliphatic heterocycles. The summed E-state index contributed by atoms with van der Waals surface area (Å²) >= 11 is 0. The summed E-state index contributed by atoms with van der Waals surface area (Å²) in [6.45, 7) is 14.4. The zero-order chi connectivity index (χ0) is 23.2. The molecule has 1 N–H and O–H groups in total. The van der Waals surface area contributed by atoms with E-state index in [4.69, 9.17) is 0 Å². The van der Waals surface area contributed by atoms with Gasteiger partial charge in [0, 0.05) is 17.8 Å². The third-order valence-corrected chi connectivity index (χ3v) is 6.81. The normalized spacial score (nSPS) is 21.2. The molecule has 5 nitrogen and oxygen atoms in total. The van der Waals surface area contributed by atoms with Gasteiger partial charge in [0.25, 0.3) is 5.91 Å². The highest BCUT2D eigenvalue weighted by atomic mass is 16.2. The van der Waals surface area contributed by atoms with Crippen LogP contribution >= 0.6 is 0 Å². The van der Waals surface area contributed by atoms with E-state index in [0.29, 0.717) is 11.6 Å². The first kappa shape index (κ1) is 22.1. The Kier molecular flexibility index (Phi) is 5.61. The molecular formula is C27H33N3O2. The second-order valence-electron chi connectivity index (χ2n) is 9.79. The van der Waals surface area contributed by atoms with Crippen molar-refractivity contribution in [2.45, 2.75) is 66.0 Å². The first-order valence-corrected chi connectivity index (χ1v) is 11.4. The third kappa shape index (κ3) is 3.92. The summed E-state index contributed by atoms with van der Waals surface area (Å²) in [5, 5.41) is 2.77. The van der Waals surface area contributed by atoms with Gasteiger partial charge in [0.05, 0.1) is 6.54 Å². The van der Waals surface area contributed by atoms with E-state index in [-0.39, 0.29) is 24.0 Å². The molecule has 32 heavy (non-hydrogen) atoms. The number of imide groups is 1. The van der Waals surface area contributed by atoms with Crippen molar-refractivity contribution in [3.63, 3.8) is 0 Å². The quantitative estimate of drug-likeness (QED) is 0.513. The van der Waals surface area contributed by atoms with Crippen molar-refractivity contribution < 1.29 is 9.59 Å². The van der Waals surface area contributed by atoms with E-state index < -0.39 is 0 Å². The smallest absolute Gasteiger partial charge is 0.329 e. The SMILES string of the molecule is CCN1c2cc(C)c(/C=C3/NC(=O)N(Cc4ccc(C)cc4)C3=O)cc2C(C)CC1(C)C. The first-order valence-electron chi connectivity index (χ1n) is 11.4. The molecular weight excluding hydrogens is 398 g/mol. The Hall–Kier alpha value is -3.08. The predicted octanol–water partition coefficient (Wildman–Crippen LogP) is 5.51. The zero-order valence-corrected chi connectivity index (χ0v) is 20.0. The number of rotatable bonds is 4. The van der Waals surface area contributed by atoms with E-state index in [1.54, 1.807) is 0 Å². The van der Waals surface area contributed by atoms with Crippen LogP contribution in [0.1, 0.15) is 67.9 Å². The van der Waals surface area contributed by atoms with Crippen molar-refractivity contribution in [1.29, 1.82) is 0 Å². The summed E-state index contributed by atoms with van der Waals surface area (Å²) in [7, 11) is 0. The molecule has 1 saturated heterocycles. The minimum absolute atomic E-state index is 0.111. The van der Waals surface area contributed by atoms with Crippen molar-refractivity contribution in [3.8, 4) is 0 Å². The second-order valence-corrected chi connectivity index (χ2v) is 9.79. The Labute approximate surface area is 191 Å². The molecule has 2 aliphatic rings. The lowest BCUT2D eigenvalue weighted by atomic mass is 9.79. The molecule has 2 aromatic carbocycles. The molecule has 0 bridgehead atoms. The average Bonchev–Trinajstić information content (AvgIpc) is 2.98. The van der Waals surface area contributed by atoms with Crippen LogP contribution in [-0.4, -0.2) is 28.9 Å². The van der Waals surface area contributed by atoms with E-state index in [0.717, 1.165) is 35.2 Å². The van der Waals surface area contributed by atoms with E-state index >= 15 is 0 Å². The number of anilines is 1. The molecule has 0 aromatic heterocycles. The molecule has 1 fully saturated rings. The average molecular weight is 432 g/mol. The van der Waals surface area contributed by atoms with Crippen molar-refractivity contribution in [2.75, 3.05) is 11.4 Å². The van der Waals surface area contributed by atoms with Gasteiger partial charge in [-0.1, -0.05) is 36.8 Å². The van der Waals surface area contributed by atoms with Gasteiger partial charge in [0.15, 0.2) is 0 Å². The summed E-state index contributed by atoms with van der Waals surface area (Å²) < 4.78 is 0. The number of hydrogen-bond donors (Lipinski definition) is 1. The number of nitrogens with zero attached hydrogens (tertiary/aromatic N) is 2. The second kappa shape index (κ2) is 8.12. The number of carbonyl (C=O) groups excluding carboxylic acids is 2. The largest absolute Gasteiger partial charge is 0.366 e. The standard InChI is InChI=1S/C27H33N3O2/c1-7-30-24-12-18(3)21(13-22(24)19(4)15-27(30,5)6)14-23-25(31)29(26(32)28-23)16-20-10-8-17(2)9-11-20/h8-14,19H,7,15-16H2,1-6H3,(H,28,32)/b23-14+. The van der Waals surface area contributed by atoms with Crippen LogP contribution in [0, 0.1) is 13.8 Å². The van der Waals surface area contributed by atoms with Crippen molar-refractivity contribution in [2.24, 2.45) is 0 Å². The molecule has 0 spiro atoms. The number of amides is 3. The number of carbonyl (C=O) groups is 2. The van der Waals surface area contributed by atoms with Crippen LogP contribution in [0.25, 0.3) is 6.08 Å².